The van der Waals surface area contributed by atoms with Gasteiger partial charge in [0.2, 0.25) is 0 Å². The van der Waals surface area contributed by atoms with E-state index in [9.17, 15) is 4.39 Å². The number of hydrogen-bond acceptors (Lipinski definition) is 4. The molecule has 108 valence electrons. The first kappa shape index (κ1) is 13.8. The second kappa shape index (κ2) is 4.43. The summed E-state index contributed by atoms with van der Waals surface area (Å²) in [6.45, 7) is 7.70. The van der Waals surface area contributed by atoms with Crippen LogP contribution in [-0.2, 0) is 9.31 Å². The highest BCUT2D eigenvalue weighted by Crippen LogP contribution is 2.36. The zero-order chi connectivity index (χ0) is 14.5. The van der Waals surface area contributed by atoms with Crippen LogP contribution in [0.2, 0.25) is 0 Å². The lowest BCUT2D eigenvalue weighted by atomic mass is 9.84. The van der Waals surface area contributed by atoms with Crippen molar-refractivity contribution < 1.29 is 18.4 Å². The molecule has 0 bridgehead atoms. The van der Waals surface area contributed by atoms with Crippen molar-refractivity contribution in [1.82, 2.24) is 4.98 Å². The molecule has 20 heavy (non-hydrogen) atoms. The van der Waals surface area contributed by atoms with Crippen molar-refractivity contribution in [2.75, 3.05) is 0 Å². The van der Waals surface area contributed by atoms with E-state index in [1.54, 1.807) is 0 Å². The second-order valence-electron chi connectivity index (χ2n) is 6.44. The summed E-state index contributed by atoms with van der Waals surface area (Å²) in [5.74, 6) is 0.00640. The number of rotatable bonds is 3. The van der Waals surface area contributed by atoms with Crippen LogP contribution in [0.3, 0.4) is 0 Å². The topological polar surface area (TPSA) is 40.6 Å². The minimum absolute atomic E-state index is 0.173. The zero-order valence-corrected chi connectivity index (χ0v) is 12.3. The zero-order valence-electron chi connectivity index (χ0n) is 12.3. The van der Waals surface area contributed by atoms with E-state index < -0.39 is 24.1 Å². The maximum Gasteiger partial charge on any atom is 0.517 e. The Morgan fingerprint density at radius 3 is 2.35 bits per heavy atom. The second-order valence-corrected chi connectivity index (χ2v) is 6.44. The van der Waals surface area contributed by atoms with Crippen LogP contribution in [0.1, 0.15) is 40.5 Å². The smallest absolute Gasteiger partial charge is 0.489 e. The van der Waals surface area contributed by atoms with Gasteiger partial charge in [0.1, 0.15) is 17.2 Å². The number of aromatic nitrogens is 1. The van der Waals surface area contributed by atoms with Crippen molar-refractivity contribution in [3.8, 4) is 5.75 Å². The Hall–Kier alpha value is -1.14. The highest BCUT2D eigenvalue weighted by atomic mass is 19.1. The number of hydrogen-bond donors (Lipinski definition) is 0. The largest absolute Gasteiger partial charge is 0.517 e. The van der Waals surface area contributed by atoms with E-state index in [2.05, 4.69) is 4.98 Å². The Labute approximate surface area is 118 Å². The lowest BCUT2D eigenvalue weighted by Crippen LogP contribution is -2.41. The molecular weight excluding hydrogens is 260 g/mol. The number of ether oxygens (including phenoxy) is 1. The fourth-order valence-corrected chi connectivity index (χ4v) is 2.00. The molecule has 1 aliphatic heterocycles. The molecule has 2 heterocycles. The van der Waals surface area contributed by atoms with E-state index in [-0.39, 0.29) is 11.7 Å². The van der Waals surface area contributed by atoms with Crippen LogP contribution in [0.25, 0.3) is 0 Å². The highest BCUT2D eigenvalue weighted by molar-refractivity contribution is 6.61. The summed E-state index contributed by atoms with van der Waals surface area (Å²) >= 11 is 0. The van der Waals surface area contributed by atoms with Gasteiger partial charge in [-0.1, -0.05) is 0 Å². The molecule has 1 aromatic heterocycles. The minimum Gasteiger partial charge on any atom is -0.489 e. The van der Waals surface area contributed by atoms with E-state index in [4.69, 9.17) is 14.0 Å². The molecule has 0 aromatic carbocycles. The summed E-state index contributed by atoms with van der Waals surface area (Å²) in [5.41, 5.74) is -0.837. The molecule has 1 aliphatic carbocycles. The maximum atomic E-state index is 14.2. The van der Waals surface area contributed by atoms with Gasteiger partial charge >= 0.3 is 7.12 Å². The van der Waals surface area contributed by atoms with Crippen molar-refractivity contribution in [2.24, 2.45) is 0 Å². The summed E-state index contributed by atoms with van der Waals surface area (Å²) in [7, 11) is -0.782. The van der Waals surface area contributed by atoms with Gasteiger partial charge < -0.3 is 14.0 Å². The van der Waals surface area contributed by atoms with Gasteiger partial charge in [0.25, 0.3) is 0 Å². The minimum atomic E-state index is -0.782. The molecule has 1 aromatic rings. The van der Waals surface area contributed by atoms with Crippen LogP contribution < -0.4 is 10.3 Å². The molecule has 3 rings (SSSR count). The Bertz CT molecular complexity index is 515. The van der Waals surface area contributed by atoms with E-state index in [0.717, 1.165) is 12.8 Å². The fraction of sp³-hybridized carbons (Fsp3) is 0.643. The molecule has 1 saturated heterocycles. The van der Waals surface area contributed by atoms with E-state index >= 15 is 0 Å². The third-order valence-electron chi connectivity index (χ3n) is 4.15. The molecule has 0 N–H and O–H groups in total. The van der Waals surface area contributed by atoms with Gasteiger partial charge in [-0.2, -0.15) is 0 Å². The van der Waals surface area contributed by atoms with Crippen LogP contribution in [0.15, 0.2) is 12.3 Å². The average Bonchev–Trinajstić information content (AvgIpc) is 3.07. The molecule has 2 aliphatic rings. The quantitative estimate of drug-likeness (QED) is 0.794. The summed E-state index contributed by atoms with van der Waals surface area (Å²) in [5, 5.41) is 0. The van der Waals surface area contributed by atoms with Crippen LogP contribution in [-0.4, -0.2) is 29.4 Å². The maximum absolute atomic E-state index is 14.2. The molecule has 0 atom stereocenters. The third kappa shape index (κ3) is 2.42. The molecule has 0 amide bonds. The molecular formula is C14H19BFNO3. The van der Waals surface area contributed by atoms with Crippen LogP contribution >= 0.6 is 0 Å². The van der Waals surface area contributed by atoms with Crippen LogP contribution in [0.4, 0.5) is 4.39 Å². The molecule has 2 fully saturated rings. The molecule has 0 unspecified atom stereocenters. The standard InChI is InChI=1S/C14H19BFNO3/c1-13(2)14(3,4)20-15(19-13)12-11(16)7-10(8-17-12)18-9-5-6-9/h7-9H,5-6H2,1-4H3. The number of pyridine rings is 1. The van der Waals surface area contributed by atoms with Gasteiger partial charge in [-0.15, -0.1) is 0 Å². The Morgan fingerprint density at radius 2 is 1.85 bits per heavy atom. The SMILES string of the molecule is CC1(C)OB(c2ncc(OC3CC3)cc2F)OC1(C)C. The van der Waals surface area contributed by atoms with Crippen molar-refractivity contribution in [2.45, 2.75) is 57.8 Å². The Balaban J connectivity index is 1.80. The summed E-state index contributed by atoms with van der Waals surface area (Å²) in [4.78, 5) is 4.12. The fourth-order valence-electron chi connectivity index (χ4n) is 2.00. The lowest BCUT2D eigenvalue weighted by Gasteiger charge is -2.32. The molecule has 6 heteroatoms. The number of halogens is 1. The first-order chi connectivity index (χ1) is 9.28. The van der Waals surface area contributed by atoms with Crippen LogP contribution in [0.5, 0.6) is 5.75 Å². The van der Waals surface area contributed by atoms with Gasteiger partial charge in [0.05, 0.1) is 23.5 Å². The van der Waals surface area contributed by atoms with E-state index in [1.165, 1.54) is 12.3 Å². The monoisotopic (exact) mass is 279 g/mol. The normalized spacial score (nSPS) is 23.9. The summed E-state index contributed by atoms with van der Waals surface area (Å²) < 4.78 is 31.3. The van der Waals surface area contributed by atoms with Gasteiger partial charge in [0, 0.05) is 6.07 Å². The highest BCUT2D eigenvalue weighted by Gasteiger charge is 2.53. The average molecular weight is 279 g/mol. The van der Waals surface area contributed by atoms with Crippen molar-refractivity contribution in [3.05, 3.63) is 18.1 Å². The van der Waals surface area contributed by atoms with E-state index in [1.807, 2.05) is 27.7 Å². The lowest BCUT2D eigenvalue weighted by molar-refractivity contribution is 0.00578. The summed E-state index contributed by atoms with van der Waals surface area (Å²) in [6.07, 6.45) is 3.81. The predicted molar refractivity (Wildman–Crippen MR) is 73.6 cm³/mol. The molecule has 1 saturated carbocycles. The van der Waals surface area contributed by atoms with E-state index in [0.29, 0.717) is 5.75 Å². The van der Waals surface area contributed by atoms with Crippen molar-refractivity contribution in [3.63, 3.8) is 0 Å². The van der Waals surface area contributed by atoms with Crippen LogP contribution in [0, 0.1) is 5.82 Å². The summed E-state index contributed by atoms with van der Waals surface area (Å²) in [6, 6.07) is 1.35. The van der Waals surface area contributed by atoms with Gasteiger partial charge in [-0.05, 0) is 40.5 Å². The number of nitrogens with zero attached hydrogens (tertiary/aromatic N) is 1. The predicted octanol–water partition coefficient (Wildman–Crippen LogP) is 2.06. The molecule has 0 radical (unpaired) electrons. The Kier molecular flexibility index (Phi) is 3.06. The van der Waals surface area contributed by atoms with Gasteiger partial charge in [-0.25, -0.2) is 4.39 Å². The van der Waals surface area contributed by atoms with Crippen molar-refractivity contribution in [1.29, 1.82) is 0 Å². The molecule has 4 nitrogen and oxygen atoms in total. The first-order valence-electron chi connectivity index (χ1n) is 6.96. The third-order valence-corrected chi connectivity index (χ3v) is 4.15. The van der Waals surface area contributed by atoms with Crippen molar-refractivity contribution >= 4 is 12.7 Å². The molecule has 0 spiro atoms. The Morgan fingerprint density at radius 1 is 1.25 bits per heavy atom. The van der Waals surface area contributed by atoms with Gasteiger partial charge in [-0.3, -0.25) is 4.98 Å². The first-order valence-corrected chi connectivity index (χ1v) is 6.96. The van der Waals surface area contributed by atoms with Gasteiger partial charge in [0.15, 0.2) is 0 Å².